The molecular weight excluding hydrogens is 320 g/mol. The fourth-order valence-electron chi connectivity index (χ4n) is 3.64. The molecule has 1 unspecified atom stereocenters. The third-order valence-corrected chi connectivity index (χ3v) is 4.86. The lowest BCUT2D eigenvalue weighted by atomic mass is 9.91. The standard InChI is InChI=1S/C20H22N2O.ClH/c23-16-7-9-20-18(13-16)17-12-15(6-8-19(17)22-20)21-11-10-14-4-2-1-3-5-14;/h1-5,7,9,13,15,21-23H,6,8,10-12H2;1H. The first-order chi connectivity index (χ1) is 11.3. The number of aryl methyl sites for hydroxylation is 1. The van der Waals surface area contributed by atoms with Gasteiger partial charge in [0.2, 0.25) is 0 Å². The van der Waals surface area contributed by atoms with Gasteiger partial charge in [-0.15, -0.1) is 12.4 Å². The van der Waals surface area contributed by atoms with Crippen molar-refractivity contribution >= 4 is 23.3 Å². The molecule has 24 heavy (non-hydrogen) atoms. The average molecular weight is 343 g/mol. The predicted molar refractivity (Wildman–Crippen MR) is 101 cm³/mol. The summed E-state index contributed by atoms with van der Waals surface area (Å²) in [4.78, 5) is 3.51. The highest BCUT2D eigenvalue weighted by Crippen LogP contribution is 2.31. The van der Waals surface area contributed by atoms with E-state index in [4.69, 9.17) is 0 Å². The van der Waals surface area contributed by atoms with Gasteiger partial charge in [-0.25, -0.2) is 0 Å². The lowest BCUT2D eigenvalue weighted by molar-refractivity contribution is 0.460. The van der Waals surface area contributed by atoms with Gasteiger partial charge in [0.1, 0.15) is 5.75 Å². The molecule has 2 aromatic carbocycles. The monoisotopic (exact) mass is 342 g/mol. The number of nitrogens with one attached hydrogen (secondary N) is 2. The van der Waals surface area contributed by atoms with Crippen molar-refractivity contribution in [2.24, 2.45) is 0 Å². The molecule has 0 amide bonds. The molecule has 3 N–H and O–H groups in total. The fraction of sp³-hybridized carbons (Fsp3) is 0.300. The molecule has 0 saturated carbocycles. The Labute approximate surface area is 148 Å². The first-order valence-electron chi connectivity index (χ1n) is 8.39. The van der Waals surface area contributed by atoms with Gasteiger partial charge in [-0.05, 0) is 61.6 Å². The number of hydrogen-bond acceptors (Lipinski definition) is 2. The zero-order chi connectivity index (χ0) is 15.6. The zero-order valence-corrected chi connectivity index (χ0v) is 14.4. The summed E-state index contributed by atoms with van der Waals surface area (Å²) < 4.78 is 0. The number of rotatable bonds is 4. The first-order valence-corrected chi connectivity index (χ1v) is 8.39. The lowest BCUT2D eigenvalue weighted by Crippen LogP contribution is -2.35. The molecule has 0 saturated heterocycles. The molecule has 1 aliphatic carbocycles. The second-order valence-electron chi connectivity index (χ2n) is 6.44. The molecule has 1 aromatic heterocycles. The number of benzene rings is 2. The van der Waals surface area contributed by atoms with Crippen LogP contribution < -0.4 is 5.32 Å². The van der Waals surface area contributed by atoms with Crippen LogP contribution in [0.5, 0.6) is 5.75 Å². The molecule has 1 heterocycles. The number of fused-ring (bicyclic) bond motifs is 3. The zero-order valence-electron chi connectivity index (χ0n) is 13.6. The Bertz CT molecular complexity index is 813. The third-order valence-electron chi connectivity index (χ3n) is 4.86. The van der Waals surface area contributed by atoms with E-state index < -0.39 is 0 Å². The van der Waals surface area contributed by atoms with Gasteiger partial charge in [0.25, 0.3) is 0 Å². The smallest absolute Gasteiger partial charge is 0.116 e. The van der Waals surface area contributed by atoms with Gasteiger partial charge < -0.3 is 15.4 Å². The second kappa shape index (κ2) is 7.29. The number of halogens is 1. The quantitative estimate of drug-likeness (QED) is 0.671. The van der Waals surface area contributed by atoms with Crippen molar-refractivity contribution in [3.63, 3.8) is 0 Å². The molecule has 0 spiro atoms. The number of phenolic OH excluding ortho intramolecular Hbond substituents is 1. The van der Waals surface area contributed by atoms with E-state index in [1.54, 1.807) is 6.07 Å². The van der Waals surface area contributed by atoms with E-state index >= 15 is 0 Å². The summed E-state index contributed by atoms with van der Waals surface area (Å²) in [5, 5.41) is 14.6. The molecule has 1 aliphatic rings. The summed E-state index contributed by atoms with van der Waals surface area (Å²) in [5.74, 6) is 0.346. The van der Waals surface area contributed by atoms with Crippen LogP contribution in [-0.4, -0.2) is 22.7 Å². The van der Waals surface area contributed by atoms with Crippen LogP contribution in [0.3, 0.4) is 0 Å². The Kier molecular flexibility index (Phi) is 5.12. The van der Waals surface area contributed by atoms with Crippen LogP contribution in [0.25, 0.3) is 10.9 Å². The number of aromatic nitrogens is 1. The van der Waals surface area contributed by atoms with Crippen molar-refractivity contribution in [2.75, 3.05) is 6.54 Å². The Morgan fingerprint density at radius 2 is 1.96 bits per heavy atom. The van der Waals surface area contributed by atoms with Crippen molar-refractivity contribution in [2.45, 2.75) is 31.7 Å². The van der Waals surface area contributed by atoms with Gasteiger partial charge in [-0.3, -0.25) is 0 Å². The average Bonchev–Trinajstić information content (AvgIpc) is 2.93. The van der Waals surface area contributed by atoms with Crippen LogP contribution in [0.15, 0.2) is 48.5 Å². The summed E-state index contributed by atoms with van der Waals surface area (Å²) in [5.41, 5.74) is 5.23. The van der Waals surface area contributed by atoms with Crippen LogP contribution in [0, 0.1) is 0 Å². The molecule has 0 bridgehead atoms. The summed E-state index contributed by atoms with van der Waals surface area (Å²) >= 11 is 0. The highest BCUT2D eigenvalue weighted by Gasteiger charge is 2.22. The van der Waals surface area contributed by atoms with Gasteiger partial charge in [0.05, 0.1) is 0 Å². The molecule has 0 fully saturated rings. The Hall–Kier alpha value is -1.97. The number of aromatic hydroxyl groups is 1. The van der Waals surface area contributed by atoms with Gasteiger partial charge in [-0.1, -0.05) is 30.3 Å². The van der Waals surface area contributed by atoms with E-state index in [2.05, 4.69) is 40.6 Å². The second-order valence-corrected chi connectivity index (χ2v) is 6.44. The van der Waals surface area contributed by atoms with E-state index in [1.165, 1.54) is 28.6 Å². The molecule has 126 valence electrons. The topological polar surface area (TPSA) is 48.0 Å². The van der Waals surface area contributed by atoms with Gasteiger partial charge in [0, 0.05) is 22.6 Å². The first kappa shape index (κ1) is 16.9. The van der Waals surface area contributed by atoms with Crippen LogP contribution in [0.2, 0.25) is 0 Å². The Morgan fingerprint density at radius 1 is 1.12 bits per heavy atom. The largest absolute Gasteiger partial charge is 0.508 e. The maximum atomic E-state index is 9.75. The van der Waals surface area contributed by atoms with Crippen LogP contribution in [-0.2, 0) is 19.3 Å². The summed E-state index contributed by atoms with van der Waals surface area (Å²) in [6.45, 7) is 1.01. The van der Waals surface area contributed by atoms with E-state index in [0.717, 1.165) is 31.3 Å². The molecule has 3 nitrogen and oxygen atoms in total. The van der Waals surface area contributed by atoms with E-state index in [9.17, 15) is 5.11 Å². The molecule has 0 radical (unpaired) electrons. The van der Waals surface area contributed by atoms with E-state index in [0.29, 0.717) is 11.8 Å². The molecular formula is C20H23ClN2O. The number of aromatic amines is 1. The third kappa shape index (κ3) is 3.42. The van der Waals surface area contributed by atoms with Crippen molar-refractivity contribution in [1.82, 2.24) is 10.3 Å². The van der Waals surface area contributed by atoms with Crippen LogP contribution in [0.1, 0.15) is 23.2 Å². The summed E-state index contributed by atoms with van der Waals surface area (Å²) in [7, 11) is 0. The summed E-state index contributed by atoms with van der Waals surface area (Å²) in [6.07, 6.45) is 4.35. The lowest BCUT2D eigenvalue weighted by Gasteiger charge is -2.23. The molecule has 4 heteroatoms. The van der Waals surface area contributed by atoms with Crippen LogP contribution in [0.4, 0.5) is 0 Å². The maximum absolute atomic E-state index is 9.75. The highest BCUT2D eigenvalue weighted by atomic mass is 35.5. The number of hydrogen-bond donors (Lipinski definition) is 3. The highest BCUT2D eigenvalue weighted by molar-refractivity contribution is 5.86. The fourth-order valence-corrected chi connectivity index (χ4v) is 3.64. The maximum Gasteiger partial charge on any atom is 0.116 e. The van der Waals surface area contributed by atoms with E-state index in [1.807, 2.05) is 12.1 Å². The van der Waals surface area contributed by atoms with Gasteiger partial charge in [-0.2, -0.15) is 0 Å². The predicted octanol–water partition coefficient (Wildman–Crippen LogP) is 3.98. The van der Waals surface area contributed by atoms with Gasteiger partial charge in [0.15, 0.2) is 0 Å². The van der Waals surface area contributed by atoms with Crippen molar-refractivity contribution in [3.8, 4) is 5.75 Å². The molecule has 1 atom stereocenters. The van der Waals surface area contributed by atoms with Crippen LogP contribution >= 0.6 is 12.4 Å². The van der Waals surface area contributed by atoms with Crippen molar-refractivity contribution in [1.29, 1.82) is 0 Å². The molecule has 0 aliphatic heterocycles. The van der Waals surface area contributed by atoms with Crippen molar-refractivity contribution in [3.05, 3.63) is 65.4 Å². The number of phenols is 1. The van der Waals surface area contributed by atoms with E-state index in [-0.39, 0.29) is 12.4 Å². The molecule has 3 aromatic rings. The minimum atomic E-state index is 0. The Morgan fingerprint density at radius 3 is 2.79 bits per heavy atom. The Balaban J connectivity index is 0.00000169. The minimum Gasteiger partial charge on any atom is -0.508 e. The normalized spacial score (nSPS) is 16.6. The minimum absolute atomic E-state index is 0. The van der Waals surface area contributed by atoms with Gasteiger partial charge >= 0.3 is 0 Å². The SMILES string of the molecule is Cl.Oc1ccc2[nH]c3c(c2c1)CC(NCCc1ccccc1)CC3. The number of H-pyrrole nitrogens is 1. The molecule has 4 rings (SSSR count). The summed E-state index contributed by atoms with van der Waals surface area (Å²) in [6, 6.07) is 16.8. The van der Waals surface area contributed by atoms with Crippen molar-refractivity contribution < 1.29 is 5.11 Å².